The number of carbonyl (C=O) groups excluding carboxylic acids is 2. The maximum Gasteiger partial charge on any atom is 0.275 e. The van der Waals surface area contributed by atoms with Gasteiger partial charge in [0.2, 0.25) is 5.91 Å². The molecule has 0 bridgehead atoms. The second kappa shape index (κ2) is 5.85. The van der Waals surface area contributed by atoms with Gasteiger partial charge in [-0.3, -0.25) is 9.59 Å². The molecule has 1 aliphatic heterocycles. The third-order valence-corrected chi connectivity index (χ3v) is 3.44. The minimum absolute atomic E-state index is 0.00121. The van der Waals surface area contributed by atoms with Gasteiger partial charge in [-0.15, -0.1) is 0 Å². The van der Waals surface area contributed by atoms with Gasteiger partial charge >= 0.3 is 0 Å². The molecule has 112 valence electrons. The van der Waals surface area contributed by atoms with Crippen molar-refractivity contribution in [2.45, 2.75) is 6.54 Å². The zero-order chi connectivity index (χ0) is 15.5. The fourth-order valence-electron chi connectivity index (χ4n) is 2.34. The number of amides is 2. The molecule has 0 saturated carbocycles. The van der Waals surface area contributed by atoms with Crippen LogP contribution in [0.3, 0.4) is 0 Å². The molecule has 0 atom stereocenters. The average Bonchev–Trinajstić information content (AvgIpc) is 2.65. The van der Waals surface area contributed by atoms with Gasteiger partial charge in [0.05, 0.1) is 12.8 Å². The number of rotatable bonds is 3. The number of ether oxygens (including phenoxy) is 1. The summed E-state index contributed by atoms with van der Waals surface area (Å²) in [7, 11) is 1.60. The van der Waals surface area contributed by atoms with Crippen molar-refractivity contribution < 1.29 is 14.3 Å². The lowest BCUT2D eigenvalue weighted by Gasteiger charge is -2.19. The van der Waals surface area contributed by atoms with E-state index in [0.717, 1.165) is 11.3 Å². The summed E-state index contributed by atoms with van der Waals surface area (Å²) in [6, 6.07) is 10.7. The van der Waals surface area contributed by atoms with Crippen LogP contribution in [0.4, 0.5) is 5.69 Å². The van der Waals surface area contributed by atoms with Crippen molar-refractivity contribution in [2.75, 3.05) is 19.0 Å². The molecular weight excluding hydrogens is 282 g/mol. The summed E-state index contributed by atoms with van der Waals surface area (Å²) in [4.78, 5) is 30.1. The quantitative estimate of drug-likeness (QED) is 0.935. The highest BCUT2D eigenvalue weighted by Gasteiger charge is 2.27. The number of fused-ring (bicyclic) bond motifs is 1. The van der Waals surface area contributed by atoms with Gasteiger partial charge in [0.25, 0.3) is 5.91 Å². The standard InChI is InChI=1S/C16H15N3O3/c1-22-12-6-4-11(5-7-12)9-19-10-14(20)18-13-3-2-8-17-15(13)16(19)21/h2-8H,9-10H2,1H3,(H,18,20). The van der Waals surface area contributed by atoms with E-state index in [2.05, 4.69) is 10.3 Å². The Morgan fingerprint density at radius 3 is 2.73 bits per heavy atom. The van der Waals surface area contributed by atoms with Crippen LogP contribution in [0.5, 0.6) is 5.75 Å². The lowest BCUT2D eigenvalue weighted by Crippen LogP contribution is -2.34. The number of anilines is 1. The molecular formula is C16H15N3O3. The summed E-state index contributed by atoms with van der Waals surface area (Å²) in [5, 5.41) is 2.70. The highest BCUT2D eigenvalue weighted by molar-refractivity contribution is 6.07. The normalized spacial score (nSPS) is 14.1. The van der Waals surface area contributed by atoms with Gasteiger partial charge in [-0.25, -0.2) is 4.98 Å². The molecule has 22 heavy (non-hydrogen) atoms. The maximum atomic E-state index is 12.6. The Bertz CT molecular complexity index is 713. The van der Waals surface area contributed by atoms with E-state index < -0.39 is 0 Å². The third kappa shape index (κ3) is 2.76. The van der Waals surface area contributed by atoms with Crippen LogP contribution in [0.15, 0.2) is 42.6 Å². The van der Waals surface area contributed by atoms with Gasteiger partial charge in [0, 0.05) is 12.7 Å². The van der Waals surface area contributed by atoms with Crippen molar-refractivity contribution in [1.29, 1.82) is 0 Å². The highest BCUT2D eigenvalue weighted by Crippen LogP contribution is 2.20. The minimum atomic E-state index is -0.259. The van der Waals surface area contributed by atoms with Crippen LogP contribution in [-0.4, -0.2) is 35.4 Å². The summed E-state index contributed by atoms with van der Waals surface area (Å²) < 4.78 is 5.11. The maximum absolute atomic E-state index is 12.6. The molecule has 6 heteroatoms. The lowest BCUT2D eigenvalue weighted by atomic mass is 10.2. The average molecular weight is 297 g/mol. The Hall–Kier alpha value is -2.89. The van der Waals surface area contributed by atoms with Gasteiger partial charge in [0.1, 0.15) is 12.3 Å². The molecule has 1 aliphatic rings. The number of hydrogen-bond donors (Lipinski definition) is 1. The topological polar surface area (TPSA) is 71.5 Å². The van der Waals surface area contributed by atoms with Crippen molar-refractivity contribution in [3.05, 3.63) is 53.9 Å². The van der Waals surface area contributed by atoms with Crippen LogP contribution >= 0.6 is 0 Å². The molecule has 0 aliphatic carbocycles. The predicted octanol–water partition coefficient (Wildman–Crippen LogP) is 1.68. The molecule has 2 heterocycles. The summed E-state index contributed by atoms with van der Waals surface area (Å²) >= 11 is 0. The number of hydrogen-bond acceptors (Lipinski definition) is 4. The first-order chi connectivity index (χ1) is 10.7. The Balaban J connectivity index is 1.86. The second-order valence-corrected chi connectivity index (χ2v) is 4.96. The number of aromatic nitrogens is 1. The van der Waals surface area contributed by atoms with E-state index in [4.69, 9.17) is 4.74 Å². The number of nitrogens with one attached hydrogen (secondary N) is 1. The lowest BCUT2D eigenvalue weighted by molar-refractivity contribution is -0.116. The van der Waals surface area contributed by atoms with Crippen LogP contribution < -0.4 is 10.1 Å². The molecule has 6 nitrogen and oxygen atoms in total. The van der Waals surface area contributed by atoms with E-state index in [0.29, 0.717) is 12.2 Å². The van der Waals surface area contributed by atoms with Gasteiger partial charge in [-0.05, 0) is 29.8 Å². The molecule has 3 rings (SSSR count). The van der Waals surface area contributed by atoms with Crippen LogP contribution in [-0.2, 0) is 11.3 Å². The van der Waals surface area contributed by atoms with Crippen LogP contribution in [0, 0.1) is 0 Å². The fourth-order valence-corrected chi connectivity index (χ4v) is 2.34. The molecule has 1 aromatic carbocycles. The molecule has 0 fully saturated rings. The molecule has 0 unspecified atom stereocenters. The number of carbonyl (C=O) groups is 2. The zero-order valence-electron chi connectivity index (χ0n) is 12.1. The van der Waals surface area contributed by atoms with Gasteiger partial charge < -0.3 is 15.0 Å². The molecule has 2 amide bonds. The van der Waals surface area contributed by atoms with Gasteiger partial charge in [-0.2, -0.15) is 0 Å². The summed E-state index contributed by atoms with van der Waals surface area (Å²) in [5.74, 6) is 0.258. The fraction of sp³-hybridized carbons (Fsp3) is 0.188. The number of pyridine rings is 1. The van der Waals surface area contributed by atoms with Crippen molar-refractivity contribution in [1.82, 2.24) is 9.88 Å². The summed E-state index contributed by atoms with van der Waals surface area (Å²) in [6.45, 7) is 0.341. The van der Waals surface area contributed by atoms with E-state index in [1.807, 2.05) is 24.3 Å². The first-order valence-electron chi connectivity index (χ1n) is 6.84. The van der Waals surface area contributed by atoms with E-state index in [-0.39, 0.29) is 24.1 Å². The molecule has 1 N–H and O–H groups in total. The van der Waals surface area contributed by atoms with Crippen molar-refractivity contribution in [3.8, 4) is 5.75 Å². The Labute approximate surface area is 127 Å². The number of benzene rings is 1. The third-order valence-electron chi connectivity index (χ3n) is 3.44. The van der Waals surface area contributed by atoms with E-state index in [9.17, 15) is 9.59 Å². The summed E-state index contributed by atoms with van der Waals surface area (Å²) in [6.07, 6.45) is 1.54. The SMILES string of the molecule is COc1ccc(CN2CC(=O)Nc3cccnc3C2=O)cc1. The highest BCUT2D eigenvalue weighted by atomic mass is 16.5. The molecule has 1 aromatic heterocycles. The Kier molecular flexibility index (Phi) is 3.74. The van der Waals surface area contributed by atoms with E-state index in [1.54, 1.807) is 25.4 Å². The molecule has 0 radical (unpaired) electrons. The van der Waals surface area contributed by atoms with Gasteiger partial charge in [0.15, 0.2) is 5.69 Å². The van der Waals surface area contributed by atoms with Crippen molar-refractivity contribution >= 4 is 17.5 Å². The second-order valence-electron chi connectivity index (χ2n) is 4.96. The minimum Gasteiger partial charge on any atom is -0.497 e. The van der Waals surface area contributed by atoms with Gasteiger partial charge in [-0.1, -0.05) is 12.1 Å². The summed E-state index contributed by atoms with van der Waals surface area (Å²) in [5.41, 5.74) is 1.64. The molecule has 0 saturated heterocycles. The van der Waals surface area contributed by atoms with E-state index >= 15 is 0 Å². The first kappa shape index (κ1) is 14.1. The van der Waals surface area contributed by atoms with E-state index in [1.165, 1.54) is 4.90 Å². The molecule has 2 aromatic rings. The predicted molar refractivity (Wildman–Crippen MR) is 80.6 cm³/mol. The van der Waals surface area contributed by atoms with Crippen molar-refractivity contribution in [2.24, 2.45) is 0 Å². The van der Waals surface area contributed by atoms with Crippen LogP contribution in [0.1, 0.15) is 16.1 Å². The van der Waals surface area contributed by atoms with Crippen molar-refractivity contribution in [3.63, 3.8) is 0 Å². The Morgan fingerprint density at radius 1 is 1.23 bits per heavy atom. The molecule has 0 spiro atoms. The largest absolute Gasteiger partial charge is 0.497 e. The zero-order valence-corrected chi connectivity index (χ0v) is 12.1. The van der Waals surface area contributed by atoms with Crippen LogP contribution in [0.25, 0.3) is 0 Å². The Morgan fingerprint density at radius 2 is 2.00 bits per heavy atom. The van der Waals surface area contributed by atoms with Crippen LogP contribution in [0.2, 0.25) is 0 Å². The monoisotopic (exact) mass is 297 g/mol. The number of nitrogens with zero attached hydrogens (tertiary/aromatic N) is 2. The smallest absolute Gasteiger partial charge is 0.275 e. The number of methoxy groups -OCH3 is 1. The first-order valence-corrected chi connectivity index (χ1v) is 6.84.